The van der Waals surface area contributed by atoms with E-state index in [0.29, 0.717) is 16.0 Å². The topological polar surface area (TPSA) is 29.5 Å². The zero-order valence-corrected chi connectivity index (χ0v) is 10.3. The lowest BCUT2D eigenvalue weighted by Crippen LogP contribution is -2.29. The van der Waals surface area contributed by atoms with Gasteiger partial charge in [-0.3, -0.25) is 0 Å². The molecule has 1 saturated heterocycles. The van der Waals surface area contributed by atoms with Gasteiger partial charge in [0.2, 0.25) is 0 Å². The summed E-state index contributed by atoms with van der Waals surface area (Å²) in [6.45, 7) is 1.74. The predicted molar refractivity (Wildman–Crippen MR) is 65.2 cm³/mol. The first kappa shape index (κ1) is 12.2. The number of rotatable bonds is 4. The number of aliphatic hydroxyl groups is 1. The summed E-state index contributed by atoms with van der Waals surface area (Å²) >= 11 is 11.8. The van der Waals surface area contributed by atoms with Gasteiger partial charge in [0.15, 0.2) is 0 Å². The highest BCUT2D eigenvalue weighted by atomic mass is 35.5. The number of aliphatic hydroxyl groups excluding tert-OH is 1. The largest absolute Gasteiger partial charge is 0.396 e. The Bertz CT molecular complexity index is 364. The van der Waals surface area contributed by atoms with Crippen LogP contribution in [0.1, 0.15) is 17.9 Å². The molecule has 1 aliphatic rings. The standard InChI is InChI=1S/C12H14Cl2O2/c13-11-2-1-9(4-12(11)14)10(5-15)3-8-6-16-7-8/h1-2,4,8,10,15H,3,5-7H2. The second kappa shape index (κ2) is 5.37. The molecule has 1 unspecified atom stereocenters. The van der Waals surface area contributed by atoms with Gasteiger partial charge < -0.3 is 9.84 Å². The third-order valence-electron chi connectivity index (χ3n) is 2.96. The third kappa shape index (κ3) is 2.69. The van der Waals surface area contributed by atoms with Crippen molar-refractivity contribution >= 4 is 23.2 Å². The number of benzene rings is 1. The van der Waals surface area contributed by atoms with Crippen molar-refractivity contribution < 1.29 is 9.84 Å². The maximum Gasteiger partial charge on any atom is 0.0595 e. The van der Waals surface area contributed by atoms with Crippen LogP contribution < -0.4 is 0 Å². The van der Waals surface area contributed by atoms with Gasteiger partial charge >= 0.3 is 0 Å². The molecule has 88 valence electrons. The van der Waals surface area contributed by atoms with Crippen LogP contribution in [0.5, 0.6) is 0 Å². The Morgan fingerprint density at radius 2 is 2.06 bits per heavy atom. The van der Waals surface area contributed by atoms with E-state index in [0.717, 1.165) is 25.2 Å². The summed E-state index contributed by atoms with van der Waals surface area (Å²) in [5, 5.41) is 10.5. The summed E-state index contributed by atoms with van der Waals surface area (Å²) < 4.78 is 5.13. The van der Waals surface area contributed by atoms with Crippen LogP contribution in [0.3, 0.4) is 0 Å². The molecule has 0 amide bonds. The monoisotopic (exact) mass is 260 g/mol. The van der Waals surface area contributed by atoms with Gasteiger partial charge in [-0.15, -0.1) is 0 Å². The zero-order valence-electron chi connectivity index (χ0n) is 8.83. The second-order valence-electron chi connectivity index (χ2n) is 4.19. The fraction of sp³-hybridized carbons (Fsp3) is 0.500. The molecular formula is C12H14Cl2O2. The zero-order chi connectivity index (χ0) is 11.5. The van der Waals surface area contributed by atoms with Crippen molar-refractivity contribution in [2.45, 2.75) is 12.3 Å². The SMILES string of the molecule is OCC(CC1COC1)c1ccc(Cl)c(Cl)c1. The first-order valence-electron chi connectivity index (χ1n) is 5.34. The Kier molecular flexibility index (Phi) is 4.09. The van der Waals surface area contributed by atoms with Crippen LogP contribution in [-0.2, 0) is 4.74 Å². The van der Waals surface area contributed by atoms with Crippen molar-refractivity contribution in [3.05, 3.63) is 33.8 Å². The molecule has 1 atom stereocenters. The lowest BCUT2D eigenvalue weighted by molar-refractivity contribution is -0.0405. The van der Waals surface area contributed by atoms with Gasteiger partial charge in [0.05, 0.1) is 23.3 Å². The Balaban J connectivity index is 2.09. The van der Waals surface area contributed by atoms with Gasteiger partial charge in [0.25, 0.3) is 0 Å². The molecule has 0 saturated carbocycles. The van der Waals surface area contributed by atoms with Crippen LogP contribution >= 0.6 is 23.2 Å². The molecule has 1 fully saturated rings. The van der Waals surface area contributed by atoms with E-state index in [9.17, 15) is 5.11 Å². The summed E-state index contributed by atoms with van der Waals surface area (Å²) in [7, 11) is 0. The van der Waals surface area contributed by atoms with E-state index in [1.807, 2.05) is 12.1 Å². The van der Waals surface area contributed by atoms with Crippen LogP contribution in [0.25, 0.3) is 0 Å². The molecule has 4 heteroatoms. The molecule has 1 aromatic rings. The molecular weight excluding hydrogens is 247 g/mol. The molecule has 0 radical (unpaired) electrons. The van der Waals surface area contributed by atoms with Crippen molar-refractivity contribution in [2.75, 3.05) is 19.8 Å². The van der Waals surface area contributed by atoms with Gasteiger partial charge in [-0.25, -0.2) is 0 Å². The molecule has 16 heavy (non-hydrogen) atoms. The van der Waals surface area contributed by atoms with E-state index in [4.69, 9.17) is 27.9 Å². The summed E-state index contributed by atoms with van der Waals surface area (Å²) in [6.07, 6.45) is 0.939. The number of hydrogen-bond acceptors (Lipinski definition) is 2. The summed E-state index contributed by atoms with van der Waals surface area (Å²) in [5.41, 5.74) is 1.05. The summed E-state index contributed by atoms with van der Waals surface area (Å²) in [6, 6.07) is 5.54. The summed E-state index contributed by atoms with van der Waals surface area (Å²) in [5.74, 6) is 0.690. The van der Waals surface area contributed by atoms with E-state index in [-0.39, 0.29) is 12.5 Å². The van der Waals surface area contributed by atoms with Crippen molar-refractivity contribution in [1.82, 2.24) is 0 Å². The second-order valence-corrected chi connectivity index (χ2v) is 5.01. The van der Waals surface area contributed by atoms with Crippen LogP contribution in [0.15, 0.2) is 18.2 Å². The Hall–Kier alpha value is -0.280. The molecule has 2 rings (SSSR count). The highest BCUT2D eigenvalue weighted by Gasteiger charge is 2.23. The molecule has 1 aliphatic heterocycles. The van der Waals surface area contributed by atoms with Crippen molar-refractivity contribution in [3.8, 4) is 0 Å². The minimum Gasteiger partial charge on any atom is -0.396 e. The fourth-order valence-electron chi connectivity index (χ4n) is 1.91. The number of hydrogen-bond donors (Lipinski definition) is 1. The molecule has 0 bridgehead atoms. The third-order valence-corrected chi connectivity index (χ3v) is 3.70. The molecule has 2 nitrogen and oxygen atoms in total. The van der Waals surface area contributed by atoms with E-state index < -0.39 is 0 Å². The Labute approximate surface area is 105 Å². The molecule has 0 spiro atoms. The normalized spacial score (nSPS) is 18.2. The van der Waals surface area contributed by atoms with Gasteiger partial charge in [-0.1, -0.05) is 29.3 Å². The van der Waals surface area contributed by atoms with Crippen LogP contribution in [-0.4, -0.2) is 24.9 Å². The molecule has 0 aromatic heterocycles. The number of ether oxygens (including phenoxy) is 1. The van der Waals surface area contributed by atoms with E-state index >= 15 is 0 Å². The average molecular weight is 261 g/mol. The molecule has 1 aromatic carbocycles. The van der Waals surface area contributed by atoms with Crippen LogP contribution in [0, 0.1) is 5.92 Å². The van der Waals surface area contributed by atoms with Gasteiger partial charge in [-0.05, 0) is 24.1 Å². The van der Waals surface area contributed by atoms with E-state index in [2.05, 4.69) is 0 Å². The quantitative estimate of drug-likeness (QED) is 0.902. The maximum atomic E-state index is 9.39. The van der Waals surface area contributed by atoms with Crippen molar-refractivity contribution in [1.29, 1.82) is 0 Å². The lowest BCUT2D eigenvalue weighted by atomic mass is 9.88. The highest BCUT2D eigenvalue weighted by Crippen LogP contribution is 2.31. The van der Waals surface area contributed by atoms with Crippen LogP contribution in [0.4, 0.5) is 0 Å². The average Bonchev–Trinajstić information content (AvgIpc) is 2.21. The Morgan fingerprint density at radius 3 is 2.56 bits per heavy atom. The van der Waals surface area contributed by atoms with Gasteiger partial charge in [-0.2, -0.15) is 0 Å². The Morgan fingerprint density at radius 1 is 1.31 bits per heavy atom. The van der Waals surface area contributed by atoms with Gasteiger partial charge in [0.1, 0.15) is 0 Å². The minimum absolute atomic E-state index is 0.128. The smallest absolute Gasteiger partial charge is 0.0595 e. The first-order valence-corrected chi connectivity index (χ1v) is 6.10. The lowest BCUT2D eigenvalue weighted by Gasteiger charge is -2.29. The van der Waals surface area contributed by atoms with Gasteiger partial charge in [0, 0.05) is 18.4 Å². The van der Waals surface area contributed by atoms with E-state index in [1.165, 1.54) is 0 Å². The predicted octanol–water partition coefficient (Wildman–Crippen LogP) is 3.11. The molecule has 0 aliphatic carbocycles. The van der Waals surface area contributed by atoms with E-state index in [1.54, 1.807) is 6.07 Å². The first-order chi connectivity index (χ1) is 7.70. The molecule has 1 N–H and O–H groups in total. The fourth-order valence-corrected chi connectivity index (χ4v) is 2.21. The number of halogens is 2. The molecule has 1 heterocycles. The minimum atomic E-state index is 0.128. The maximum absolute atomic E-state index is 9.39. The highest BCUT2D eigenvalue weighted by molar-refractivity contribution is 6.42. The van der Waals surface area contributed by atoms with Crippen molar-refractivity contribution in [2.24, 2.45) is 5.92 Å². The van der Waals surface area contributed by atoms with Crippen molar-refractivity contribution in [3.63, 3.8) is 0 Å². The van der Waals surface area contributed by atoms with Crippen LogP contribution in [0.2, 0.25) is 10.0 Å². The summed E-state index contributed by atoms with van der Waals surface area (Å²) in [4.78, 5) is 0.